The summed E-state index contributed by atoms with van der Waals surface area (Å²) in [6, 6.07) is 8.06. The van der Waals surface area contributed by atoms with Gasteiger partial charge in [0.1, 0.15) is 5.58 Å². The zero-order valence-electron chi connectivity index (χ0n) is 15.6. The minimum Gasteiger partial charge on any atom is -0.464 e. The van der Waals surface area contributed by atoms with Crippen molar-refractivity contribution < 1.29 is 9.21 Å². The SMILES string of the molecule is Cc1nn(C)c(C)c1[C@H]1[C@H](NCc2coc3ccccc23)CC(=O)N1C. The number of furan rings is 1. The van der Waals surface area contributed by atoms with Crippen molar-refractivity contribution >= 4 is 16.9 Å². The Hall–Kier alpha value is -2.60. The lowest BCUT2D eigenvalue weighted by Gasteiger charge is -2.26. The number of rotatable bonds is 4. The highest BCUT2D eigenvalue weighted by atomic mass is 16.3. The van der Waals surface area contributed by atoms with Gasteiger partial charge in [-0.05, 0) is 19.9 Å². The van der Waals surface area contributed by atoms with Crippen LogP contribution in [0.4, 0.5) is 0 Å². The van der Waals surface area contributed by atoms with Crippen LogP contribution >= 0.6 is 0 Å². The summed E-state index contributed by atoms with van der Waals surface area (Å²) in [6.07, 6.45) is 2.29. The van der Waals surface area contributed by atoms with Crippen LogP contribution in [0, 0.1) is 13.8 Å². The number of hydrogen-bond donors (Lipinski definition) is 1. The fraction of sp³-hybridized carbons (Fsp3) is 0.400. The van der Waals surface area contributed by atoms with E-state index >= 15 is 0 Å². The van der Waals surface area contributed by atoms with E-state index in [0.29, 0.717) is 13.0 Å². The Balaban J connectivity index is 1.61. The summed E-state index contributed by atoms with van der Waals surface area (Å²) in [7, 11) is 3.83. The van der Waals surface area contributed by atoms with Gasteiger partial charge in [0.2, 0.25) is 5.91 Å². The van der Waals surface area contributed by atoms with Crippen LogP contribution in [0.1, 0.15) is 35.0 Å². The number of para-hydroxylation sites is 1. The van der Waals surface area contributed by atoms with E-state index in [1.54, 1.807) is 6.26 Å². The molecule has 136 valence electrons. The van der Waals surface area contributed by atoms with E-state index in [4.69, 9.17) is 4.42 Å². The van der Waals surface area contributed by atoms with Crippen LogP contribution in [0.15, 0.2) is 34.9 Å². The largest absolute Gasteiger partial charge is 0.464 e. The number of aryl methyl sites for hydroxylation is 2. The van der Waals surface area contributed by atoms with Crippen molar-refractivity contribution in [2.24, 2.45) is 7.05 Å². The molecule has 1 amide bonds. The number of carbonyl (C=O) groups is 1. The number of fused-ring (bicyclic) bond motifs is 1. The summed E-state index contributed by atoms with van der Waals surface area (Å²) in [4.78, 5) is 14.3. The first-order valence-corrected chi connectivity index (χ1v) is 8.91. The highest BCUT2D eigenvalue weighted by molar-refractivity contribution is 5.81. The van der Waals surface area contributed by atoms with Crippen LogP contribution in [0.5, 0.6) is 0 Å². The fourth-order valence-corrected chi connectivity index (χ4v) is 4.08. The second-order valence-electron chi connectivity index (χ2n) is 7.11. The van der Waals surface area contributed by atoms with Crippen molar-refractivity contribution in [3.63, 3.8) is 0 Å². The first kappa shape index (κ1) is 16.8. The number of carbonyl (C=O) groups excluding carboxylic acids is 1. The first-order chi connectivity index (χ1) is 12.5. The van der Waals surface area contributed by atoms with Crippen LogP contribution in [0.3, 0.4) is 0 Å². The molecule has 0 radical (unpaired) electrons. The molecule has 1 fully saturated rings. The molecule has 0 bridgehead atoms. The van der Waals surface area contributed by atoms with Gasteiger partial charge >= 0.3 is 0 Å². The fourth-order valence-electron chi connectivity index (χ4n) is 4.08. The second-order valence-corrected chi connectivity index (χ2v) is 7.11. The molecule has 1 aliphatic rings. The summed E-state index contributed by atoms with van der Waals surface area (Å²) in [5, 5.41) is 9.24. The quantitative estimate of drug-likeness (QED) is 0.784. The molecule has 3 aromatic rings. The third-order valence-corrected chi connectivity index (χ3v) is 5.56. The average Bonchev–Trinajstić information content (AvgIpc) is 3.23. The maximum Gasteiger partial charge on any atom is 0.224 e. The summed E-state index contributed by atoms with van der Waals surface area (Å²) >= 11 is 0. The van der Waals surface area contributed by atoms with Gasteiger partial charge in [0.25, 0.3) is 0 Å². The molecular weight excluding hydrogens is 328 g/mol. The molecule has 0 aliphatic carbocycles. The number of amides is 1. The minimum atomic E-state index is -0.00522. The third kappa shape index (κ3) is 2.61. The van der Waals surface area contributed by atoms with Crippen molar-refractivity contribution in [3.05, 3.63) is 53.0 Å². The molecule has 4 rings (SSSR count). The van der Waals surface area contributed by atoms with Crippen LogP contribution in [0.2, 0.25) is 0 Å². The molecule has 1 saturated heterocycles. The molecule has 1 aliphatic heterocycles. The molecule has 26 heavy (non-hydrogen) atoms. The smallest absolute Gasteiger partial charge is 0.224 e. The Kier molecular flexibility index (Phi) is 4.07. The molecule has 1 aromatic carbocycles. The molecule has 1 N–H and O–H groups in total. The minimum absolute atomic E-state index is 0.00522. The Labute approximate surface area is 152 Å². The van der Waals surface area contributed by atoms with Crippen molar-refractivity contribution in [2.75, 3.05) is 7.05 Å². The van der Waals surface area contributed by atoms with Gasteiger partial charge in [0.05, 0.1) is 18.0 Å². The van der Waals surface area contributed by atoms with Gasteiger partial charge in [-0.15, -0.1) is 0 Å². The molecule has 2 atom stereocenters. The molecule has 6 nitrogen and oxygen atoms in total. The van der Waals surface area contributed by atoms with Crippen LogP contribution in [-0.2, 0) is 18.4 Å². The number of nitrogens with one attached hydrogen (secondary N) is 1. The lowest BCUT2D eigenvalue weighted by Crippen LogP contribution is -2.35. The Morgan fingerprint density at radius 3 is 2.77 bits per heavy atom. The normalized spacial score (nSPS) is 20.5. The number of nitrogens with zero attached hydrogens (tertiary/aromatic N) is 3. The molecule has 0 saturated carbocycles. The van der Waals surface area contributed by atoms with E-state index in [9.17, 15) is 4.79 Å². The predicted molar refractivity (Wildman–Crippen MR) is 99.7 cm³/mol. The maximum atomic E-state index is 12.4. The van der Waals surface area contributed by atoms with Gasteiger partial charge in [-0.25, -0.2) is 0 Å². The molecule has 6 heteroatoms. The van der Waals surface area contributed by atoms with Gasteiger partial charge < -0.3 is 14.6 Å². The van der Waals surface area contributed by atoms with Gasteiger partial charge in [0, 0.05) is 55.3 Å². The molecule has 2 aromatic heterocycles. The van der Waals surface area contributed by atoms with E-state index in [1.165, 1.54) is 0 Å². The van der Waals surface area contributed by atoms with Crippen LogP contribution in [0.25, 0.3) is 11.0 Å². The highest BCUT2D eigenvalue weighted by Gasteiger charge is 2.40. The van der Waals surface area contributed by atoms with Crippen molar-refractivity contribution in [2.45, 2.75) is 38.9 Å². The summed E-state index contributed by atoms with van der Waals surface area (Å²) < 4.78 is 7.52. The Morgan fingerprint density at radius 1 is 1.27 bits per heavy atom. The summed E-state index contributed by atoms with van der Waals surface area (Å²) in [5.74, 6) is 0.159. The van der Waals surface area contributed by atoms with Gasteiger partial charge in [-0.3, -0.25) is 9.48 Å². The second kappa shape index (κ2) is 6.29. The number of benzene rings is 1. The van der Waals surface area contributed by atoms with E-state index in [1.807, 2.05) is 48.8 Å². The zero-order chi connectivity index (χ0) is 18.4. The number of hydrogen-bond acceptors (Lipinski definition) is 4. The van der Waals surface area contributed by atoms with Gasteiger partial charge in [0.15, 0.2) is 0 Å². The van der Waals surface area contributed by atoms with Crippen molar-refractivity contribution in [3.8, 4) is 0 Å². The zero-order valence-corrected chi connectivity index (χ0v) is 15.6. The lowest BCUT2D eigenvalue weighted by atomic mass is 9.98. The summed E-state index contributed by atoms with van der Waals surface area (Å²) in [6.45, 7) is 4.74. The maximum absolute atomic E-state index is 12.4. The van der Waals surface area contributed by atoms with Crippen LogP contribution < -0.4 is 5.32 Å². The lowest BCUT2D eigenvalue weighted by molar-refractivity contribution is -0.127. The topological polar surface area (TPSA) is 63.3 Å². The molecule has 3 heterocycles. The third-order valence-electron chi connectivity index (χ3n) is 5.56. The van der Waals surface area contributed by atoms with E-state index in [2.05, 4.69) is 23.4 Å². The molecule has 0 spiro atoms. The highest BCUT2D eigenvalue weighted by Crippen LogP contribution is 2.35. The van der Waals surface area contributed by atoms with E-state index < -0.39 is 0 Å². The van der Waals surface area contributed by atoms with E-state index in [-0.39, 0.29) is 18.0 Å². The summed E-state index contributed by atoms with van der Waals surface area (Å²) in [5.41, 5.74) is 5.24. The molecule has 0 unspecified atom stereocenters. The Bertz CT molecular complexity index is 972. The first-order valence-electron chi connectivity index (χ1n) is 8.91. The molecular formula is C20H24N4O2. The number of likely N-dealkylation sites (N-methyl/N-ethyl adjacent to an activating group) is 1. The van der Waals surface area contributed by atoms with Gasteiger partial charge in [-0.2, -0.15) is 5.10 Å². The van der Waals surface area contributed by atoms with Gasteiger partial charge in [-0.1, -0.05) is 18.2 Å². The predicted octanol–water partition coefficient (Wildman–Crippen LogP) is 2.84. The monoisotopic (exact) mass is 352 g/mol. The Morgan fingerprint density at radius 2 is 2.04 bits per heavy atom. The number of likely N-dealkylation sites (tertiary alicyclic amines) is 1. The van der Waals surface area contributed by atoms with Crippen molar-refractivity contribution in [1.29, 1.82) is 0 Å². The average molecular weight is 352 g/mol. The van der Waals surface area contributed by atoms with Crippen LogP contribution in [-0.4, -0.2) is 33.7 Å². The van der Waals surface area contributed by atoms with Crippen molar-refractivity contribution in [1.82, 2.24) is 20.0 Å². The number of aromatic nitrogens is 2. The van der Waals surface area contributed by atoms with E-state index in [0.717, 1.165) is 33.5 Å². The standard InChI is InChI=1S/C20H24N4O2/c1-12-19(13(2)24(4)22-12)20-16(9-18(25)23(20)3)21-10-14-11-26-17-8-6-5-7-15(14)17/h5-8,11,16,20-21H,9-10H2,1-4H3/t16-,20-/m1/s1.